The molecular weight excluding hydrogens is 222 g/mol. The van der Waals surface area contributed by atoms with Crippen LogP contribution in [-0.2, 0) is 6.42 Å². The molecule has 1 unspecified atom stereocenters. The molecule has 0 aromatic heterocycles. The molecule has 1 aromatic carbocycles. The van der Waals surface area contributed by atoms with Crippen LogP contribution in [0, 0.1) is 5.92 Å². The van der Waals surface area contributed by atoms with Gasteiger partial charge in [-0.05, 0) is 57.2 Å². The molecule has 0 amide bonds. The van der Waals surface area contributed by atoms with Crippen molar-refractivity contribution in [1.29, 1.82) is 0 Å². The van der Waals surface area contributed by atoms with Crippen LogP contribution in [0.5, 0.6) is 0 Å². The normalized spacial score (nSPS) is 19.2. The van der Waals surface area contributed by atoms with Crippen LogP contribution in [0.4, 0.5) is 0 Å². The Hall–Kier alpha value is -0.860. The molecule has 0 saturated heterocycles. The zero-order valence-electron chi connectivity index (χ0n) is 9.66. The number of fused-ring (bicyclic) bond motifs is 1. The average Bonchev–Trinajstić information content (AvgIpc) is 2.52. The molecule has 2 rings (SSSR count). The van der Waals surface area contributed by atoms with Crippen LogP contribution in [0.15, 0.2) is 18.2 Å². The molecule has 0 aliphatic heterocycles. The van der Waals surface area contributed by atoms with Crippen molar-refractivity contribution in [2.45, 2.75) is 12.8 Å². The number of carbonyl (C=O) groups excluding carboxylic acids is 1. The first-order valence-corrected chi connectivity index (χ1v) is 5.93. The first kappa shape index (κ1) is 11.6. The predicted octanol–water partition coefficient (Wildman–Crippen LogP) is 2.65. The molecule has 0 heterocycles. The van der Waals surface area contributed by atoms with E-state index in [-0.39, 0.29) is 11.7 Å². The molecule has 1 atom stereocenters. The summed E-state index contributed by atoms with van der Waals surface area (Å²) in [5, 5.41) is 0.722. The number of rotatable bonds is 3. The molecule has 0 bridgehead atoms. The van der Waals surface area contributed by atoms with Gasteiger partial charge in [-0.25, -0.2) is 0 Å². The third-order valence-electron chi connectivity index (χ3n) is 3.09. The molecular formula is C13H16ClNO. The van der Waals surface area contributed by atoms with E-state index in [2.05, 4.69) is 4.90 Å². The molecule has 2 nitrogen and oxygen atoms in total. The second kappa shape index (κ2) is 4.56. The standard InChI is InChI=1S/C13H16ClNO/c1-15(2)6-5-9-7-10-8-11(14)3-4-12(10)13(9)16/h3-4,8-9H,5-7H2,1-2H3. The van der Waals surface area contributed by atoms with Crippen molar-refractivity contribution in [3.8, 4) is 0 Å². The molecule has 3 heteroatoms. The summed E-state index contributed by atoms with van der Waals surface area (Å²) in [6.07, 6.45) is 1.78. The van der Waals surface area contributed by atoms with E-state index < -0.39 is 0 Å². The van der Waals surface area contributed by atoms with Crippen LogP contribution in [0.1, 0.15) is 22.3 Å². The molecule has 0 saturated carbocycles. The van der Waals surface area contributed by atoms with Crippen molar-refractivity contribution in [2.24, 2.45) is 5.92 Å². The number of halogens is 1. The highest BCUT2D eigenvalue weighted by Gasteiger charge is 2.29. The fraction of sp³-hybridized carbons (Fsp3) is 0.462. The summed E-state index contributed by atoms with van der Waals surface area (Å²) in [5.41, 5.74) is 1.98. The Labute approximate surface area is 101 Å². The Morgan fingerprint density at radius 2 is 2.19 bits per heavy atom. The number of hydrogen-bond donors (Lipinski definition) is 0. The summed E-state index contributed by atoms with van der Waals surface area (Å²) in [6, 6.07) is 5.58. The van der Waals surface area contributed by atoms with Crippen molar-refractivity contribution in [1.82, 2.24) is 4.90 Å². The van der Waals surface area contributed by atoms with Crippen molar-refractivity contribution in [3.05, 3.63) is 34.3 Å². The van der Waals surface area contributed by atoms with Gasteiger partial charge in [0.15, 0.2) is 5.78 Å². The number of hydrogen-bond acceptors (Lipinski definition) is 2. The first-order chi connectivity index (χ1) is 7.58. The van der Waals surface area contributed by atoms with E-state index in [0.29, 0.717) is 0 Å². The highest BCUT2D eigenvalue weighted by atomic mass is 35.5. The highest BCUT2D eigenvalue weighted by molar-refractivity contribution is 6.30. The fourth-order valence-corrected chi connectivity index (χ4v) is 2.39. The molecule has 1 aliphatic rings. The van der Waals surface area contributed by atoms with Gasteiger partial charge in [-0.2, -0.15) is 0 Å². The average molecular weight is 238 g/mol. The van der Waals surface area contributed by atoms with Gasteiger partial charge < -0.3 is 4.90 Å². The summed E-state index contributed by atoms with van der Waals surface area (Å²) in [7, 11) is 4.06. The Morgan fingerprint density at radius 1 is 1.44 bits per heavy atom. The third-order valence-corrected chi connectivity index (χ3v) is 3.33. The van der Waals surface area contributed by atoms with Gasteiger partial charge in [-0.15, -0.1) is 0 Å². The maximum atomic E-state index is 12.1. The third kappa shape index (κ3) is 2.28. The van der Waals surface area contributed by atoms with E-state index in [1.165, 1.54) is 0 Å². The summed E-state index contributed by atoms with van der Waals surface area (Å²) in [4.78, 5) is 14.2. The largest absolute Gasteiger partial charge is 0.309 e. The first-order valence-electron chi connectivity index (χ1n) is 5.55. The zero-order valence-corrected chi connectivity index (χ0v) is 10.4. The monoisotopic (exact) mass is 237 g/mol. The molecule has 0 fully saturated rings. The van der Waals surface area contributed by atoms with Gasteiger partial charge in [0.25, 0.3) is 0 Å². The molecule has 16 heavy (non-hydrogen) atoms. The van der Waals surface area contributed by atoms with E-state index in [1.807, 2.05) is 26.2 Å². The molecule has 86 valence electrons. The van der Waals surface area contributed by atoms with E-state index >= 15 is 0 Å². The number of carbonyl (C=O) groups is 1. The van der Waals surface area contributed by atoms with Crippen molar-refractivity contribution >= 4 is 17.4 Å². The van der Waals surface area contributed by atoms with Crippen LogP contribution in [-0.4, -0.2) is 31.3 Å². The molecule has 1 aliphatic carbocycles. The second-order valence-electron chi connectivity index (χ2n) is 4.66. The predicted molar refractivity (Wildman–Crippen MR) is 66.1 cm³/mol. The molecule has 0 spiro atoms. The minimum atomic E-state index is 0.149. The van der Waals surface area contributed by atoms with E-state index in [1.54, 1.807) is 6.07 Å². The summed E-state index contributed by atoms with van der Waals surface area (Å²) >= 11 is 5.93. The van der Waals surface area contributed by atoms with E-state index in [0.717, 1.165) is 35.5 Å². The van der Waals surface area contributed by atoms with Crippen molar-refractivity contribution < 1.29 is 4.79 Å². The molecule has 0 N–H and O–H groups in total. The van der Waals surface area contributed by atoms with Gasteiger partial charge in [0, 0.05) is 16.5 Å². The van der Waals surface area contributed by atoms with Gasteiger partial charge in [-0.3, -0.25) is 4.79 Å². The number of nitrogens with zero attached hydrogens (tertiary/aromatic N) is 1. The minimum Gasteiger partial charge on any atom is -0.309 e. The van der Waals surface area contributed by atoms with Gasteiger partial charge in [0.1, 0.15) is 0 Å². The number of ketones is 1. The van der Waals surface area contributed by atoms with Crippen LogP contribution in [0.3, 0.4) is 0 Å². The van der Waals surface area contributed by atoms with Gasteiger partial charge >= 0.3 is 0 Å². The van der Waals surface area contributed by atoms with Crippen LogP contribution in [0.25, 0.3) is 0 Å². The Morgan fingerprint density at radius 3 is 2.88 bits per heavy atom. The van der Waals surface area contributed by atoms with Crippen molar-refractivity contribution in [2.75, 3.05) is 20.6 Å². The minimum absolute atomic E-state index is 0.149. The topological polar surface area (TPSA) is 20.3 Å². The molecule has 0 radical (unpaired) electrons. The smallest absolute Gasteiger partial charge is 0.166 e. The lowest BCUT2D eigenvalue weighted by molar-refractivity contribution is 0.0925. The van der Waals surface area contributed by atoms with Gasteiger partial charge in [-0.1, -0.05) is 11.6 Å². The van der Waals surface area contributed by atoms with Crippen molar-refractivity contribution in [3.63, 3.8) is 0 Å². The van der Waals surface area contributed by atoms with Crippen LogP contribution < -0.4 is 0 Å². The molecule has 1 aromatic rings. The Balaban J connectivity index is 2.11. The lowest BCUT2D eigenvalue weighted by Crippen LogP contribution is -2.19. The highest BCUT2D eigenvalue weighted by Crippen LogP contribution is 2.30. The summed E-state index contributed by atoms with van der Waals surface area (Å²) < 4.78 is 0. The quantitative estimate of drug-likeness (QED) is 0.806. The lowest BCUT2D eigenvalue weighted by atomic mass is 10.0. The fourth-order valence-electron chi connectivity index (χ4n) is 2.20. The maximum Gasteiger partial charge on any atom is 0.166 e. The van der Waals surface area contributed by atoms with Gasteiger partial charge in [0.05, 0.1) is 0 Å². The van der Waals surface area contributed by atoms with Crippen LogP contribution in [0.2, 0.25) is 5.02 Å². The number of benzene rings is 1. The van der Waals surface area contributed by atoms with E-state index in [4.69, 9.17) is 11.6 Å². The van der Waals surface area contributed by atoms with Gasteiger partial charge in [0.2, 0.25) is 0 Å². The second-order valence-corrected chi connectivity index (χ2v) is 5.10. The SMILES string of the molecule is CN(C)CCC1Cc2cc(Cl)ccc2C1=O. The Bertz CT molecular complexity index is 414. The summed E-state index contributed by atoms with van der Waals surface area (Å²) in [5.74, 6) is 0.435. The maximum absolute atomic E-state index is 12.1. The zero-order chi connectivity index (χ0) is 11.7. The number of Topliss-reactive ketones (excluding diaryl/α,β-unsaturated/α-hetero) is 1. The summed E-state index contributed by atoms with van der Waals surface area (Å²) in [6.45, 7) is 0.956. The Kier molecular flexibility index (Phi) is 3.31. The van der Waals surface area contributed by atoms with Crippen LogP contribution >= 0.6 is 11.6 Å². The van der Waals surface area contributed by atoms with E-state index in [9.17, 15) is 4.79 Å². The lowest BCUT2D eigenvalue weighted by Gasteiger charge is -2.12.